The smallest absolute Gasteiger partial charge is 0.351 e. The minimum absolute atomic E-state index is 0.0901. The van der Waals surface area contributed by atoms with Crippen LogP contribution >= 0.6 is 23.5 Å². The Bertz CT molecular complexity index is 1200. The van der Waals surface area contributed by atoms with Crippen LogP contribution in [0.1, 0.15) is 31.2 Å². The van der Waals surface area contributed by atoms with Gasteiger partial charge in [0.25, 0.3) is 0 Å². The van der Waals surface area contributed by atoms with Gasteiger partial charge in [0.05, 0.1) is 23.0 Å². The van der Waals surface area contributed by atoms with Gasteiger partial charge in [-0.15, -0.1) is 0 Å². The maximum Gasteiger partial charge on any atom is 0.451 e. The fraction of sp³-hybridized carbons (Fsp3) is 0.318. The Morgan fingerprint density at radius 1 is 1.14 bits per heavy atom. The number of hydrogen-bond donors (Lipinski definition) is 1. The number of aromatic nitrogens is 4. The Kier molecular flexibility index (Phi) is 7.53. The van der Waals surface area contributed by atoms with Gasteiger partial charge in [0.1, 0.15) is 10.8 Å². The number of carbonyl (C=O) groups is 1. The predicted octanol–water partition coefficient (Wildman–Crippen LogP) is 4.92. The molecule has 0 aromatic carbocycles. The zero-order chi connectivity index (χ0) is 25.2. The Balaban J connectivity index is 1.44. The molecule has 3 aromatic heterocycles. The molecule has 35 heavy (non-hydrogen) atoms. The Hall–Kier alpha value is -2.83. The van der Waals surface area contributed by atoms with E-state index < -0.39 is 23.9 Å². The van der Waals surface area contributed by atoms with E-state index >= 15 is 0 Å². The minimum Gasteiger partial charge on any atom is -0.351 e. The Morgan fingerprint density at radius 2 is 1.89 bits per heavy atom. The highest BCUT2D eigenvalue weighted by atomic mass is 35.5. The van der Waals surface area contributed by atoms with Crippen LogP contribution in [0.4, 0.5) is 17.6 Å². The summed E-state index contributed by atoms with van der Waals surface area (Å²) in [6.45, 7) is 2.09. The van der Waals surface area contributed by atoms with E-state index in [1.54, 1.807) is 12.1 Å². The lowest BCUT2D eigenvalue weighted by Crippen LogP contribution is -2.41. The highest BCUT2D eigenvalue weighted by Crippen LogP contribution is 2.35. The molecule has 1 aliphatic rings. The van der Waals surface area contributed by atoms with Crippen molar-refractivity contribution in [1.29, 1.82) is 0 Å². The van der Waals surface area contributed by atoms with Gasteiger partial charge in [0.15, 0.2) is 0 Å². The van der Waals surface area contributed by atoms with Crippen LogP contribution in [-0.2, 0) is 17.5 Å². The van der Waals surface area contributed by atoms with Crippen LogP contribution in [0, 0.1) is 5.82 Å². The second-order valence-electron chi connectivity index (χ2n) is 7.88. The molecule has 0 radical (unpaired) electrons. The van der Waals surface area contributed by atoms with Gasteiger partial charge in [-0.25, -0.2) is 23.6 Å². The first-order chi connectivity index (χ1) is 16.6. The largest absolute Gasteiger partial charge is 0.451 e. The van der Waals surface area contributed by atoms with Crippen molar-refractivity contribution in [2.45, 2.75) is 49.6 Å². The first-order valence-corrected chi connectivity index (χ1v) is 11.7. The van der Waals surface area contributed by atoms with Gasteiger partial charge < -0.3 is 5.32 Å². The third-order valence-electron chi connectivity index (χ3n) is 5.39. The van der Waals surface area contributed by atoms with Crippen molar-refractivity contribution in [3.63, 3.8) is 0 Å². The number of rotatable bonds is 6. The lowest BCUT2D eigenvalue weighted by atomic mass is 10.1. The van der Waals surface area contributed by atoms with Gasteiger partial charge in [-0.1, -0.05) is 11.6 Å². The molecule has 3 aromatic rings. The van der Waals surface area contributed by atoms with Crippen molar-refractivity contribution in [2.75, 3.05) is 0 Å². The van der Waals surface area contributed by atoms with E-state index in [1.807, 2.05) is 11.2 Å². The molecule has 0 bridgehead atoms. The summed E-state index contributed by atoms with van der Waals surface area (Å²) in [5, 5.41) is 3.75. The van der Waals surface area contributed by atoms with E-state index in [9.17, 15) is 22.4 Å². The molecule has 0 saturated carbocycles. The maximum atomic E-state index is 13.2. The molecule has 1 fully saturated rings. The van der Waals surface area contributed by atoms with Gasteiger partial charge in [0, 0.05) is 36.7 Å². The monoisotopic (exact) mass is 526 g/mol. The molecule has 0 unspecified atom stereocenters. The molecule has 4 rings (SSSR count). The summed E-state index contributed by atoms with van der Waals surface area (Å²) in [6, 6.07) is 4.13. The summed E-state index contributed by atoms with van der Waals surface area (Å²) in [4.78, 5) is 27.9. The summed E-state index contributed by atoms with van der Waals surface area (Å²) < 4.78 is 53.2. The Morgan fingerprint density at radius 3 is 2.54 bits per heavy atom. The van der Waals surface area contributed by atoms with Gasteiger partial charge >= 0.3 is 6.18 Å². The quantitative estimate of drug-likeness (QED) is 0.360. The highest BCUT2D eigenvalue weighted by molar-refractivity contribution is 7.97. The van der Waals surface area contributed by atoms with Crippen LogP contribution < -0.4 is 5.32 Å². The minimum atomic E-state index is -4.64. The molecule has 0 spiro atoms. The molecule has 13 heteroatoms. The zero-order valence-corrected chi connectivity index (χ0v) is 19.8. The van der Waals surface area contributed by atoms with E-state index in [4.69, 9.17) is 11.6 Å². The molecule has 1 aliphatic heterocycles. The predicted molar refractivity (Wildman–Crippen MR) is 121 cm³/mol. The van der Waals surface area contributed by atoms with Crippen LogP contribution in [-0.4, -0.2) is 42.2 Å². The molecule has 7 nitrogen and oxygen atoms in total. The average molecular weight is 527 g/mol. The van der Waals surface area contributed by atoms with Crippen molar-refractivity contribution in [2.24, 2.45) is 0 Å². The number of alkyl halides is 3. The third kappa shape index (κ3) is 6.06. The summed E-state index contributed by atoms with van der Waals surface area (Å²) in [5.41, 5.74) is 1.14. The molecule has 2 atom stereocenters. The molecule has 1 saturated heterocycles. The van der Waals surface area contributed by atoms with Crippen LogP contribution in [0.2, 0.25) is 5.02 Å². The number of nitrogens with one attached hydrogen (secondary N) is 1. The fourth-order valence-electron chi connectivity index (χ4n) is 3.57. The maximum absolute atomic E-state index is 13.2. The van der Waals surface area contributed by atoms with Crippen molar-refractivity contribution in [3.05, 3.63) is 65.2 Å². The second kappa shape index (κ2) is 10.4. The fourth-order valence-corrected chi connectivity index (χ4v) is 4.79. The molecule has 0 aliphatic carbocycles. The SMILES string of the molecule is C[C@H]1CC[C@@H](C(=O)NCc2cc(-c3cnc(C(F)(F)F)nc3)ncc2Cl)N1Sc1ccc(F)cn1. The van der Waals surface area contributed by atoms with Crippen LogP contribution in [0.3, 0.4) is 0 Å². The van der Waals surface area contributed by atoms with Gasteiger partial charge in [0.2, 0.25) is 11.7 Å². The molecular weight excluding hydrogens is 508 g/mol. The summed E-state index contributed by atoms with van der Waals surface area (Å²) in [7, 11) is 0. The number of carbonyl (C=O) groups excluding carboxylic acids is 1. The van der Waals surface area contributed by atoms with E-state index in [0.717, 1.165) is 25.0 Å². The summed E-state index contributed by atoms with van der Waals surface area (Å²) in [6.07, 6.45) is 1.36. The highest BCUT2D eigenvalue weighted by Gasteiger charge is 2.37. The summed E-state index contributed by atoms with van der Waals surface area (Å²) >= 11 is 7.53. The first-order valence-electron chi connectivity index (χ1n) is 10.5. The zero-order valence-electron chi connectivity index (χ0n) is 18.3. The van der Waals surface area contributed by atoms with Crippen LogP contribution in [0.25, 0.3) is 11.3 Å². The van der Waals surface area contributed by atoms with Crippen LogP contribution in [0.15, 0.2) is 48.0 Å². The molecule has 184 valence electrons. The number of pyridine rings is 2. The number of hydrogen-bond acceptors (Lipinski definition) is 7. The Labute approximate surface area is 207 Å². The van der Waals surface area contributed by atoms with Gasteiger partial charge in [-0.2, -0.15) is 13.2 Å². The third-order valence-corrected chi connectivity index (χ3v) is 6.98. The second-order valence-corrected chi connectivity index (χ2v) is 9.31. The van der Waals surface area contributed by atoms with Crippen molar-refractivity contribution >= 4 is 29.5 Å². The molecular formula is C22H19ClF4N6OS. The van der Waals surface area contributed by atoms with Crippen LogP contribution in [0.5, 0.6) is 0 Å². The number of halogens is 5. The average Bonchev–Trinajstić information content (AvgIpc) is 3.19. The van der Waals surface area contributed by atoms with E-state index in [0.29, 0.717) is 27.7 Å². The van der Waals surface area contributed by atoms with Crippen molar-refractivity contribution < 1.29 is 22.4 Å². The van der Waals surface area contributed by atoms with E-state index in [2.05, 4.69) is 25.3 Å². The topological polar surface area (TPSA) is 83.9 Å². The standard InChI is InChI=1S/C22H19ClF4N6OS/c1-12-2-4-18(33(12)35-19-5-3-15(24)10-29-19)20(34)30-7-13-6-17(28-11-16(13)23)14-8-31-21(32-9-14)22(25,26)27/h3,5-6,8-12,18H,2,4,7H2,1H3,(H,30,34)/t12-,18-/m0/s1. The molecule has 4 heterocycles. The molecule has 1 N–H and O–H groups in total. The van der Waals surface area contributed by atoms with E-state index in [-0.39, 0.29) is 24.1 Å². The first kappa shape index (κ1) is 25.3. The van der Waals surface area contributed by atoms with Crippen molar-refractivity contribution in [3.8, 4) is 11.3 Å². The summed E-state index contributed by atoms with van der Waals surface area (Å²) in [5.74, 6) is -1.89. The molecule has 1 amide bonds. The number of nitrogens with zero attached hydrogens (tertiary/aromatic N) is 5. The lowest BCUT2D eigenvalue weighted by Gasteiger charge is -2.25. The van der Waals surface area contributed by atoms with Gasteiger partial charge in [-0.05, 0) is 55.5 Å². The normalized spacial score (nSPS) is 18.6. The van der Waals surface area contributed by atoms with Crippen molar-refractivity contribution in [1.82, 2.24) is 29.6 Å². The van der Waals surface area contributed by atoms with Gasteiger partial charge in [-0.3, -0.25) is 9.78 Å². The van der Waals surface area contributed by atoms with E-state index in [1.165, 1.54) is 24.2 Å². The number of amides is 1. The lowest BCUT2D eigenvalue weighted by molar-refractivity contribution is -0.145.